The van der Waals surface area contributed by atoms with Gasteiger partial charge in [-0.15, -0.1) is 26.3 Å². The fourth-order valence-corrected chi connectivity index (χ4v) is 0. The van der Waals surface area contributed by atoms with Crippen molar-refractivity contribution in [2.45, 2.75) is 55.4 Å². The Balaban J connectivity index is -0.0000000562. The lowest BCUT2D eigenvalue weighted by Gasteiger charge is -2.05. The van der Waals surface area contributed by atoms with E-state index in [0.29, 0.717) is 5.41 Å². The molecule has 0 aromatic carbocycles. The fourth-order valence-electron chi connectivity index (χ4n) is 0. The summed E-state index contributed by atoms with van der Waals surface area (Å²) in [6, 6.07) is 0. The Morgan fingerprint density at radius 3 is 0.667 bits per heavy atom. The minimum atomic E-state index is 0.500. The molecular weight excluding hydrogens is 180 g/mol. The van der Waals surface area contributed by atoms with Crippen molar-refractivity contribution in [2.24, 2.45) is 5.41 Å². The summed E-state index contributed by atoms with van der Waals surface area (Å²) in [5, 5.41) is 0. The Kier molecular flexibility index (Phi) is 24.9. The summed E-state index contributed by atoms with van der Waals surface area (Å²) in [5.41, 5.74) is 2.83. The lowest BCUT2D eigenvalue weighted by atomic mass is 10.0. The van der Waals surface area contributed by atoms with Crippen LogP contribution in [0.5, 0.6) is 0 Å². The zero-order valence-electron chi connectivity index (χ0n) is 12.3. The monoisotopic (exact) mass is 212 g/mol. The number of allylic oxidation sites excluding steroid dienone is 2. The Morgan fingerprint density at radius 1 is 0.667 bits per heavy atom. The van der Waals surface area contributed by atoms with Gasteiger partial charge >= 0.3 is 0 Å². The van der Waals surface area contributed by atoms with E-state index in [1.807, 2.05) is 27.7 Å². The molecule has 0 aliphatic carbocycles. The van der Waals surface area contributed by atoms with Crippen molar-refractivity contribution >= 4 is 0 Å². The van der Waals surface area contributed by atoms with E-state index in [4.69, 9.17) is 0 Å². The average Bonchev–Trinajstić information content (AvgIpc) is 1.83. The molecule has 0 heteroatoms. The highest BCUT2D eigenvalue weighted by atomic mass is 14.0. The first-order valence-electron chi connectivity index (χ1n) is 5.21. The molecule has 0 saturated heterocycles. The van der Waals surface area contributed by atoms with E-state index in [2.05, 4.69) is 54.0 Å². The molecule has 0 saturated carbocycles. The molecule has 92 valence electrons. The SMILES string of the molecule is C=C.C=C(C)C.C=C(C)C.CC(C)(C)C. The maximum atomic E-state index is 3.56. The van der Waals surface area contributed by atoms with E-state index < -0.39 is 0 Å². The topological polar surface area (TPSA) is 0 Å². The zero-order valence-corrected chi connectivity index (χ0v) is 12.3. The van der Waals surface area contributed by atoms with Gasteiger partial charge in [-0.2, -0.15) is 0 Å². The van der Waals surface area contributed by atoms with E-state index in [1.165, 1.54) is 11.1 Å². The molecule has 0 aromatic heterocycles. The van der Waals surface area contributed by atoms with Crippen LogP contribution in [0.2, 0.25) is 0 Å². The van der Waals surface area contributed by atoms with Gasteiger partial charge in [-0.05, 0) is 33.1 Å². The second-order valence-electron chi connectivity index (χ2n) is 5.41. The zero-order chi connectivity index (χ0) is 13.7. The number of rotatable bonds is 0. The van der Waals surface area contributed by atoms with E-state index in [0.717, 1.165) is 0 Å². The minimum Gasteiger partial charge on any atom is -0.106 e. The van der Waals surface area contributed by atoms with Crippen LogP contribution in [0.4, 0.5) is 0 Å². The maximum absolute atomic E-state index is 3.56. The van der Waals surface area contributed by atoms with Crippen molar-refractivity contribution in [3.8, 4) is 0 Å². The third-order valence-electron chi connectivity index (χ3n) is 0. The minimum absolute atomic E-state index is 0.500. The molecule has 0 fully saturated rings. The van der Waals surface area contributed by atoms with Gasteiger partial charge in [0, 0.05) is 0 Å². The van der Waals surface area contributed by atoms with Crippen molar-refractivity contribution in [1.82, 2.24) is 0 Å². The van der Waals surface area contributed by atoms with Crippen LogP contribution < -0.4 is 0 Å². The van der Waals surface area contributed by atoms with Gasteiger partial charge in [0.05, 0.1) is 0 Å². The predicted octanol–water partition coefficient (Wildman–Crippen LogP) is 6.02. The number of hydrogen-bond donors (Lipinski definition) is 0. The van der Waals surface area contributed by atoms with E-state index in [-0.39, 0.29) is 0 Å². The Hall–Kier alpha value is -0.780. The van der Waals surface area contributed by atoms with Gasteiger partial charge in [0.2, 0.25) is 0 Å². The Morgan fingerprint density at radius 2 is 0.667 bits per heavy atom. The van der Waals surface area contributed by atoms with Crippen LogP contribution in [0.25, 0.3) is 0 Å². The average molecular weight is 212 g/mol. The summed E-state index contributed by atoms with van der Waals surface area (Å²) in [4.78, 5) is 0. The highest BCUT2D eigenvalue weighted by Gasteiger charge is 1.95. The van der Waals surface area contributed by atoms with Gasteiger partial charge in [-0.25, -0.2) is 0 Å². The first kappa shape index (κ1) is 23.8. The van der Waals surface area contributed by atoms with Gasteiger partial charge in [-0.3, -0.25) is 0 Å². The molecule has 0 atom stereocenters. The summed E-state index contributed by atoms with van der Waals surface area (Å²) in [5.74, 6) is 0. The van der Waals surface area contributed by atoms with Crippen LogP contribution in [0.15, 0.2) is 37.5 Å². The Labute approximate surface area is 98.8 Å². The van der Waals surface area contributed by atoms with Gasteiger partial charge in [0.1, 0.15) is 0 Å². The van der Waals surface area contributed by atoms with Crippen molar-refractivity contribution in [3.63, 3.8) is 0 Å². The summed E-state index contributed by atoms with van der Waals surface area (Å²) in [6.07, 6.45) is 0. The van der Waals surface area contributed by atoms with Crippen LogP contribution in [-0.4, -0.2) is 0 Å². The van der Waals surface area contributed by atoms with Crippen LogP contribution in [0.3, 0.4) is 0 Å². The molecule has 0 aromatic rings. The van der Waals surface area contributed by atoms with E-state index in [1.54, 1.807) is 0 Å². The summed E-state index contributed by atoms with van der Waals surface area (Å²) in [7, 11) is 0. The molecule has 0 aliphatic heterocycles. The number of hydrogen-bond acceptors (Lipinski definition) is 0. The van der Waals surface area contributed by atoms with E-state index >= 15 is 0 Å². The molecule has 0 unspecified atom stereocenters. The molecule has 15 heavy (non-hydrogen) atoms. The molecule has 0 nitrogen and oxygen atoms in total. The van der Waals surface area contributed by atoms with Gasteiger partial charge in [0.25, 0.3) is 0 Å². The molecular formula is C15H32. The Bertz CT molecular complexity index is 118. The van der Waals surface area contributed by atoms with Gasteiger partial charge in [-0.1, -0.05) is 38.8 Å². The van der Waals surface area contributed by atoms with Crippen LogP contribution in [0, 0.1) is 5.41 Å². The molecule has 0 spiro atoms. The molecule has 0 bridgehead atoms. The first-order chi connectivity index (χ1) is 6.46. The highest BCUT2D eigenvalue weighted by Crippen LogP contribution is 2.08. The summed E-state index contributed by atoms with van der Waals surface area (Å²) in [6.45, 7) is 29.8. The normalized spacial score (nSPS) is 7.73. The van der Waals surface area contributed by atoms with Crippen molar-refractivity contribution in [2.75, 3.05) is 0 Å². The third kappa shape index (κ3) is 2740. The van der Waals surface area contributed by atoms with Crippen LogP contribution in [0.1, 0.15) is 55.4 Å². The van der Waals surface area contributed by atoms with Crippen LogP contribution >= 0.6 is 0 Å². The quantitative estimate of drug-likeness (QED) is 0.431. The van der Waals surface area contributed by atoms with Gasteiger partial charge in [0.15, 0.2) is 0 Å². The summed E-state index contributed by atoms with van der Waals surface area (Å²) < 4.78 is 0. The molecule has 0 N–H and O–H groups in total. The van der Waals surface area contributed by atoms with E-state index in [9.17, 15) is 0 Å². The highest BCUT2D eigenvalue weighted by molar-refractivity contribution is 4.79. The second kappa shape index (κ2) is 15.7. The standard InChI is InChI=1S/C5H12.2C4H8.C2H4/c1-5(2,3)4;2*1-4(2)3;1-2/h1-4H3;2*1H2,2-3H3;1-2H2. The maximum Gasteiger partial charge on any atom is -0.0411 e. The second-order valence-corrected chi connectivity index (χ2v) is 5.41. The molecule has 0 amide bonds. The fraction of sp³-hybridized carbons (Fsp3) is 0.600. The largest absolute Gasteiger partial charge is 0.106 e. The van der Waals surface area contributed by atoms with Crippen molar-refractivity contribution < 1.29 is 0 Å². The molecule has 0 aliphatic rings. The molecule has 0 radical (unpaired) electrons. The first-order valence-corrected chi connectivity index (χ1v) is 5.21. The summed E-state index contributed by atoms with van der Waals surface area (Å²) >= 11 is 0. The van der Waals surface area contributed by atoms with Crippen molar-refractivity contribution in [3.05, 3.63) is 37.5 Å². The van der Waals surface area contributed by atoms with Crippen LogP contribution in [-0.2, 0) is 0 Å². The lowest BCUT2D eigenvalue weighted by Crippen LogP contribution is -1.93. The smallest absolute Gasteiger partial charge is 0.0411 e. The third-order valence-corrected chi connectivity index (χ3v) is 0. The molecule has 0 rings (SSSR count). The predicted molar refractivity (Wildman–Crippen MR) is 77.4 cm³/mol. The van der Waals surface area contributed by atoms with Gasteiger partial charge < -0.3 is 0 Å². The lowest BCUT2D eigenvalue weighted by molar-refractivity contribution is 0.469. The molecule has 0 heterocycles. The van der Waals surface area contributed by atoms with Crippen molar-refractivity contribution in [1.29, 1.82) is 0 Å².